The molecule has 1 atom stereocenters. The Morgan fingerprint density at radius 1 is 1.35 bits per heavy atom. The number of rotatable bonds is 3. The number of hydrogen-bond acceptors (Lipinski definition) is 3. The Hall–Kier alpha value is -0.770. The third-order valence-electron chi connectivity index (χ3n) is 4.35. The van der Waals surface area contributed by atoms with Crippen LogP contribution in [0.25, 0.3) is 0 Å². The van der Waals surface area contributed by atoms with E-state index in [9.17, 15) is 0 Å². The molecule has 2 aliphatic heterocycles. The molecular formula is C16H22ClNO2. The van der Waals surface area contributed by atoms with Crippen molar-refractivity contribution in [1.82, 2.24) is 4.90 Å². The van der Waals surface area contributed by atoms with Gasteiger partial charge in [-0.05, 0) is 37.9 Å². The molecule has 3 nitrogen and oxygen atoms in total. The third-order valence-corrected chi connectivity index (χ3v) is 4.56. The molecule has 3 rings (SSSR count). The molecule has 1 fully saturated rings. The van der Waals surface area contributed by atoms with E-state index in [1.807, 2.05) is 12.1 Å². The number of likely N-dealkylation sites (tertiary alicyclic amines) is 1. The lowest BCUT2D eigenvalue weighted by Gasteiger charge is -2.36. The first-order chi connectivity index (χ1) is 9.78. The van der Waals surface area contributed by atoms with Crippen molar-refractivity contribution >= 4 is 11.6 Å². The smallest absolute Gasteiger partial charge is 0.189 e. The fraction of sp³-hybridized carbons (Fsp3) is 0.625. The molecule has 1 aromatic carbocycles. The van der Waals surface area contributed by atoms with E-state index in [4.69, 9.17) is 21.1 Å². The first-order valence-electron chi connectivity index (χ1n) is 7.54. The molecule has 0 aliphatic carbocycles. The SMILES string of the molecule is CC[C@@H]1CCCCN1Cc1cc(Cl)cc2c1OCOC2. The Balaban J connectivity index is 1.84. The minimum Gasteiger partial charge on any atom is -0.467 e. The van der Waals surface area contributed by atoms with Crippen LogP contribution in [0.5, 0.6) is 5.75 Å². The number of ether oxygens (including phenoxy) is 2. The molecule has 0 radical (unpaired) electrons. The Bertz CT molecular complexity index is 478. The second-order valence-electron chi connectivity index (χ2n) is 5.69. The summed E-state index contributed by atoms with van der Waals surface area (Å²) >= 11 is 6.24. The number of nitrogens with zero attached hydrogens (tertiary/aromatic N) is 1. The van der Waals surface area contributed by atoms with E-state index < -0.39 is 0 Å². The standard InChI is InChI=1S/C16H22ClNO2/c1-2-15-5-3-4-6-18(15)9-12-7-14(17)8-13-10-19-11-20-16(12)13/h7-8,15H,2-6,9-11H2,1H3/t15-/m1/s1. The van der Waals surface area contributed by atoms with Gasteiger partial charge in [0.1, 0.15) is 5.75 Å². The molecule has 0 bridgehead atoms. The first-order valence-corrected chi connectivity index (χ1v) is 7.91. The highest BCUT2D eigenvalue weighted by Crippen LogP contribution is 2.33. The van der Waals surface area contributed by atoms with Crippen LogP contribution in [-0.4, -0.2) is 24.3 Å². The van der Waals surface area contributed by atoms with Gasteiger partial charge in [0.25, 0.3) is 0 Å². The summed E-state index contributed by atoms with van der Waals surface area (Å²) in [6.07, 6.45) is 5.17. The summed E-state index contributed by atoms with van der Waals surface area (Å²) in [7, 11) is 0. The van der Waals surface area contributed by atoms with Crippen molar-refractivity contribution in [3.05, 3.63) is 28.3 Å². The summed E-state index contributed by atoms with van der Waals surface area (Å²) in [6, 6.07) is 4.69. The van der Waals surface area contributed by atoms with Gasteiger partial charge in [0.15, 0.2) is 6.79 Å². The van der Waals surface area contributed by atoms with Crippen LogP contribution in [0.3, 0.4) is 0 Å². The molecule has 0 spiro atoms. The molecule has 20 heavy (non-hydrogen) atoms. The Morgan fingerprint density at radius 2 is 2.25 bits per heavy atom. The molecule has 1 saturated heterocycles. The molecule has 1 aromatic rings. The zero-order chi connectivity index (χ0) is 13.9. The highest BCUT2D eigenvalue weighted by molar-refractivity contribution is 6.30. The second kappa shape index (κ2) is 6.33. The molecule has 0 unspecified atom stereocenters. The van der Waals surface area contributed by atoms with Gasteiger partial charge in [0.05, 0.1) is 6.61 Å². The van der Waals surface area contributed by atoms with E-state index in [2.05, 4.69) is 11.8 Å². The van der Waals surface area contributed by atoms with Crippen molar-refractivity contribution in [2.45, 2.75) is 51.8 Å². The highest BCUT2D eigenvalue weighted by atomic mass is 35.5. The highest BCUT2D eigenvalue weighted by Gasteiger charge is 2.24. The Kier molecular flexibility index (Phi) is 4.49. The number of piperidine rings is 1. The van der Waals surface area contributed by atoms with Crippen molar-refractivity contribution in [3.63, 3.8) is 0 Å². The fourth-order valence-electron chi connectivity index (χ4n) is 3.32. The van der Waals surface area contributed by atoms with E-state index in [-0.39, 0.29) is 0 Å². The quantitative estimate of drug-likeness (QED) is 0.842. The lowest BCUT2D eigenvalue weighted by Crippen LogP contribution is -2.38. The summed E-state index contributed by atoms with van der Waals surface area (Å²) in [6.45, 7) is 5.33. The second-order valence-corrected chi connectivity index (χ2v) is 6.13. The van der Waals surface area contributed by atoms with Gasteiger partial charge in [-0.1, -0.05) is 24.9 Å². The minimum atomic E-state index is 0.346. The number of fused-ring (bicyclic) bond motifs is 1. The van der Waals surface area contributed by atoms with E-state index in [0.29, 0.717) is 19.4 Å². The van der Waals surface area contributed by atoms with Gasteiger partial charge in [-0.2, -0.15) is 0 Å². The van der Waals surface area contributed by atoms with Gasteiger partial charge < -0.3 is 9.47 Å². The summed E-state index contributed by atoms with van der Waals surface area (Å²) in [5.74, 6) is 0.987. The van der Waals surface area contributed by atoms with Crippen molar-refractivity contribution in [2.75, 3.05) is 13.3 Å². The molecule has 0 amide bonds. The molecule has 0 N–H and O–H groups in total. The molecule has 2 heterocycles. The van der Waals surface area contributed by atoms with Crippen LogP contribution in [0.2, 0.25) is 5.02 Å². The normalized spacial score (nSPS) is 23.2. The number of benzene rings is 1. The predicted octanol–water partition coefficient (Wildman–Crippen LogP) is 3.97. The van der Waals surface area contributed by atoms with E-state index in [1.54, 1.807) is 0 Å². The van der Waals surface area contributed by atoms with E-state index in [0.717, 1.165) is 22.9 Å². The van der Waals surface area contributed by atoms with E-state index >= 15 is 0 Å². The third kappa shape index (κ3) is 2.95. The van der Waals surface area contributed by atoms with Crippen molar-refractivity contribution in [3.8, 4) is 5.75 Å². The van der Waals surface area contributed by atoms with Gasteiger partial charge in [0, 0.05) is 28.7 Å². The van der Waals surface area contributed by atoms with Crippen molar-refractivity contribution in [2.24, 2.45) is 0 Å². The average molecular weight is 296 g/mol. The molecule has 110 valence electrons. The van der Waals surface area contributed by atoms with E-state index in [1.165, 1.54) is 37.8 Å². The predicted molar refractivity (Wildman–Crippen MR) is 80.1 cm³/mol. The topological polar surface area (TPSA) is 21.7 Å². The molecule has 4 heteroatoms. The maximum atomic E-state index is 6.24. The molecule has 0 saturated carbocycles. The zero-order valence-corrected chi connectivity index (χ0v) is 12.8. The number of hydrogen-bond donors (Lipinski definition) is 0. The van der Waals surface area contributed by atoms with Crippen LogP contribution in [0.1, 0.15) is 43.7 Å². The van der Waals surface area contributed by atoms with Crippen LogP contribution in [0, 0.1) is 0 Å². The number of halogens is 1. The van der Waals surface area contributed by atoms with Crippen molar-refractivity contribution in [1.29, 1.82) is 0 Å². The summed E-state index contributed by atoms with van der Waals surface area (Å²) in [5, 5.41) is 0.776. The molecule has 0 aromatic heterocycles. The fourth-order valence-corrected chi connectivity index (χ4v) is 3.59. The zero-order valence-electron chi connectivity index (χ0n) is 12.0. The maximum absolute atomic E-state index is 6.24. The summed E-state index contributed by atoms with van der Waals surface area (Å²) in [4.78, 5) is 2.58. The summed E-state index contributed by atoms with van der Waals surface area (Å²) < 4.78 is 11.1. The Morgan fingerprint density at radius 3 is 3.10 bits per heavy atom. The lowest BCUT2D eigenvalue weighted by molar-refractivity contribution is -0.0177. The van der Waals surface area contributed by atoms with Gasteiger partial charge in [-0.15, -0.1) is 0 Å². The van der Waals surface area contributed by atoms with Crippen molar-refractivity contribution < 1.29 is 9.47 Å². The van der Waals surface area contributed by atoms with Crippen LogP contribution in [0.4, 0.5) is 0 Å². The largest absolute Gasteiger partial charge is 0.467 e. The van der Waals surface area contributed by atoms with Gasteiger partial charge in [-0.25, -0.2) is 0 Å². The average Bonchev–Trinajstić information content (AvgIpc) is 2.47. The van der Waals surface area contributed by atoms with Gasteiger partial charge >= 0.3 is 0 Å². The lowest BCUT2D eigenvalue weighted by atomic mass is 9.98. The van der Waals surface area contributed by atoms with Crippen LogP contribution in [0.15, 0.2) is 12.1 Å². The van der Waals surface area contributed by atoms with Gasteiger partial charge in [0.2, 0.25) is 0 Å². The monoisotopic (exact) mass is 295 g/mol. The van der Waals surface area contributed by atoms with Gasteiger partial charge in [-0.3, -0.25) is 4.90 Å². The molecular weight excluding hydrogens is 274 g/mol. The summed E-state index contributed by atoms with van der Waals surface area (Å²) in [5.41, 5.74) is 2.28. The van der Waals surface area contributed by atoms with Crippen LogP contribution < -0.4 is 4.74 Å². The minimum absolute atomic E-state index is 0.346. The maximum Gasteiger partial charge on any atom is 0.189 e. The first kappa shape index (κ1) is 14.2. The van der Waals surface area contributed by atoms with Crippen LogP contribution >= 0.6 is 11.6 Å². The Labute approximate surface area is 125 Å². The van der Waals surface area contributed by atoms with Crippen LogP contribution in [-0.2, 0) is 17.9 Å². The molecule has 2 aliphatic rings.